The van der Waals surface area contributed by atoms with E-state index in [1.807, 2.05) is 24.3 Å². The highest BCUT2D eigenvalue weighted by atomic mass is 35.5. The molecule has 0 aliphatic rings. The molecule has 122 valence electrons. The summed E-state index contributed by atoms with van der Waals surface area (Å²) in [5, 5.41) is 19.5. The SMILES string of the molecule is O=C(O)Cn1cc(CNC(=O)CSCc2ccc(Cl)cc2)nn1. The summed E-state index contributed by atoms with van der Waals surface area (Å²) in [7, 11) is 0. The minimum atomic E-state index is -0.996. The predicted octanol–water partition coefficient (Wildman–Crippen LogP) is 1.57. The molecule has 0 spiro atoms. The first-order chi connectivity index (χ1) is 11.0. The number of thioether (sulfide) groups is 1. The maximum absolute atomic E-state index is 11.7. The molecule has 1 amide bonds. The van der Waals surface area contributed by atoms with Crippen LogP contribution in [0.1, 0.15) is 11.3 Å². The normalized spacial score (nSPS) is 10.5. The summed E-state index contributed by atoms with van der Waals surface area (Å²) in [6.45, 7) is -0.0299. The van der Waals surface area contributed by atoms with Crippen LogP contribution in [0.4, 0.5) is 0 Å². The molecule has 0 saturated carbocycles. The van der Waals surface area contributed by atoms with Gasteiger partial charge in [-0.1, -0.05) is 28.9 Å². The standard InChI is InChI=1S/C14H15ClN4O3S/c15-11-3-1-10(2-4-11)8-23-9-13(20)16-5-12-6-19(18-17-12)7-14(21)22/h1-4,6H,5,7-9H2,(H,16,20)(H,21,22). The van der Waals surface area contributed by atoms with Crippen molar-refractivity contribution < 1.29 is 14.7 Å². The van der Waals surface area contributed by atoms with E-state index in [0.717, 1.165) is 11.3 Å². The number of halogens is 1. The number of carboxylic acid groups (broad SMARTS) is 1. The summed E-state index contributed by atoms with van der Waals surface area (Å²) in [5.74, 6) is -0.0634. The van der Waals surface area contributed by atoms with Crippen LogP contribution in [0.15, 0.2) is 30.5 Å². The summed E-state index contributed by atoms with van der Waals surface area (Å²) in [6.07, 6.45) is 1.50. The van der Waals surface area contributed by atoms with Crippen LogP contribution < -0.4 is 5.32 Å². The Morgan fingerprint density at radius 2 is 2.04 bits per heavy atom. The first kappa shape index (κ1) is 17.3. The molecule has 1 aromatic heterocycles. The third-order valence-electron chi connectivity index (χ3n) is 2.77. The van der Waals surface area contributed by atoms with E-state index in [1.54, 1.807) is 0 Å². The average Bonchev–Trinajstić information content (AvgIpc) is 2.94. The van der Waals surface area contributed by atoms with Gasteiger partial charge in [-0.25, -0.2) is 4.68 Å². The molecule has 0 radical (unpaired) electrons. The molecule has 0 atom stereocenters. The summed E-state index contributed by atoms with van der Waals surface area (Å²) in [4.78, 5) is 22.3. The zero-order valence-corrected chi connectivity index (χ0v) is 13.7. The highest BCUT2D eigenvalue weighted by molar-refractivity contribution is 7.99. The molecular formula is C14H15ClN4O3S. The molecule has 0 unspecified atom stereocenters. The number of hydrogen-bond acceptors (Lipinski definition) is 5. The molecule has 1 heterocycles. The van der Waals surface area contributed by atoms with Crippen molar-refractivity contribution in [3.63, 3.8) is 0 Å². The van der Waals surface area contributed by atoms with Gasteiger partial charge in [-0.15, -0.1) is 16.9 Å². The molecule has 0 aliphatic heterocycles. The van der Waals surface area contributed by atoms with Gasteiger partial charge >= 0.3 is 5.97 Å². The fraction of sp³-hybridized carbons (Fsp3) is 0.286. The van der Waals surface area contributed by atoms with Gasteiger partial charge in [-0.05, 0) is 17.7 Å². The minimum Gasteiger partial charge on any atom is -0.480 e. The first-order valence-corrected chi connectivity index (χ1v) is 8.26. The van der Waals surface area contributed by atoms with Crippen LogP contribution >= 0.6 is 23.4 Å². The van der Waals surface area contributed by atoms with Gasteiger partial charge < -0.3 is 10.4 Å². The van der Waals surface area contributed by atoms with Crippen LogP contribution in [0.5, 0.6) is 0 Å². The number of carboxylic acids is 1. The summed E-state index contributed by atoms with van der Waals surface area (Å²) in [5.41, 5.74) is 1.62. The Balaban J connectivity index is 1.67. The van der Waals surface area contributed by atoms with Gasteiger partial charge in [0.1, 0.15) is 12.2 Å². The van der Waals surface area contributed by atoms with E-state index in [4.69, 9.17) is 16.7 Å². The summed E-state index contributed by atoms with van der Waals surface area (Å²) < 4.78 is 1.21. The predicted molar refractivity (Wildman–Crippen MR) is 87.1 cm³/mol. The van der Waals surface area contributed by atoms with Crippen molar-refractivity contribution >= 4 is 35.2 Å². The van der Waals surface area contributed by atoms with Gasteiger partial charge in [0.2, 0.25) is 5.91 Å². The van der Waals surface area contributed by atoms with Crippen molar-refractivity contribution in [1.29, 1.82) is 0 Å². The van der Waals surface area contributed by atoms with E-state index in [1.165, 1.54) is 22.6 Å². The molecule has 0 fully saturated rings. The lowest BCUT2D eigenvalue weighted by Gasteiger charge is -2.03. The zero-order chi connectivity index (χ0) is 16.7. The third-order valence-corrected chi connectivity index (χ3v) is 4.02. The van der Waals surface area contributed by atoms with Crippen molar-refractivity contribution in [2.45, 2.75) is 18.8 Å². The molecule has 2 aromatic rings. The van der Waals surface area contributed by atoms with Crippen molar-refractivity contribution in [2.24, 2.45) is 0 Å². The molecule has 9 heteroatoms. The molecule has 2 rings (SSSR count). The number of benzene rings is 1. The Kier molecular flexibility index (Phi) is 6.42. The van der Waals surface area contributed by atoms with Gasteiger partial charge in [0.25, 0.3) is 0 Å². The Morgan fingerprint density at radius 3 is 2.74 bits per heavy atom. The molecular weight excluding hydrogens is 340 g/mol. The van der Waals surface area contributed by atoms with E-state index in [2.05, 4.69) is 15.6 Å². The van der Waals surface area contributed by atoms with E-state index in [-0.39, 0.29) is 19.0 Å². The van der Waals surface area contributed by atoms with Gasteiger partial charge in [0, 0.05) is 10.8 Å². The van der Waals surface area contributed by atoms with Crippen LogP contribution in [-0.2, 0) is 28.4 Å². The monoisotopic (exact) mass is 354 g/mol. The number of nitrogens with one attached hydrogen (secondary N) is 1. The lowest BCUT2D eigenvalue weighted by Crippen LogP contribution is -2.24. The number of carbonyl (C=O) groups is 2. The fourth-order valence-corrected chi connectivity index (χ4v) is 2.66. The number of aromatic nitrogens is 3. The Labute approximate surface area is 142 Å². The molecule has 1 aromatic carbocycles. The number of nitrogens with zero attached hydrogens (tertiary/aromatic N) is 3. The molecule has 0 saturated heterocycles. The van der Waals surface area contributed by atoms with Crippen LogP contribution in [0.25, 0.3) is 0 Å². The zero-order valence-electron chi connectivity index (χ0n) is 12.1. The Bertz CT molecular complexity index is 675. The fourth-order valence-electron chi connectivity index (χ4n) is 1.72. The number of aliphatic carboxylic acids is 1. The molecule has 23 heavy (non-hydrogen) atoms. The number of hydrogen-bond donors (Lipinski definition) is 2. The lowest BCUT2D eigenvalue weighted by atomic mass is 10.2. The van der Waals surface area contributed by atoms with Crippen LogP contribution in [-0.4, -0.2) is 37.7 Å². The van der Waals surface area contributed by atoms with Crippen LogP contribution in [0.2, 0.25) is 5.02 Å². The van der Waals surface area contributed by atoms with Gasteiger partial charge in [0.15, 0.2) is 0 Å². The molecule has 0 aliphatic carbocycles. The average molecular weight is 355 g/mol. The Morgan fingerprint density at radius 1 is 1.30 bits per heavy atom. The Hall–Kier alpha value is -2.06. The second-order valence-corrected chi connectivity index (χ2v) is 6.12. The van der Waals surface area contributed by atoms with Gasteiger partial charge in [0.05, 0.1) is 18.5 Å². The minimum absolute atomic E-state index is 0.114. The van der Waals surface area contributed by atoms with Gasteiger partial charge in [-0.2, -0.15) is 0 Å². The molecule has 2 N–H and O–H groups in total. The third kappa shape index (κ3) is 6.29. The van der Waals surface area contributed by atoms with Crippen molar-refractivity contribution in [3.8, 4) is 0 Å². The van der Waals surface area contributed by atoms with E-state index < -0.39 is 5.97 Å². The van der Waals surface area contributed by atoms with E-state index in [9.17, 15) is 9.59 Å². The van der Waals surface area contributed by atoms with Crippen molar-refractivity contribution in [1.82, 2.24) is 20.3 Å². The highest BCUT2D eigenvalue weighted by Gasteiger charge is 2.06. The van der Waals surface area contributed by atoms with Crippen LogP contribution in [0.3, 0.4) is 0 Å². The summed E-state index contributed by atoms with van der Waals surface area (Å²) >= 11 is 7.30. The topological polar surface area (TPSA) is 97.1 Å². The second-order valence-electron chi connectivity index (χ2n) is 4.70. The molecule has 7 nitrogen and oxygen atoms in total. The molecule has 0 bridgehead atoms. The maximum atomic E-state index is 11.7. The number of carbonyl (C=O) groups excluding carboxylic acids is 1. The van der Waals surface area contributed by atoms with Crippen LogP contribution in [0, 0.1) is 0 Å². The highest BCUT2D eigenvalue weighted by Crippen LogP contribution is 2.15. The summed E-state index contributed by atoms with van der Waals surface area (Å²) in [6, 6.07) is 7.48. The maximum Gasteiger partial charge on any atom is 0.325 e. The van der Waals surface area contributed by atoms with Gasteiger partial charge in [-0.3, -0.25) is 9.59 Å². The van der Waals surface area contributed by atoms with Crippen molar-refractivity contribution in [3.05, 3.63) is 46.7 Å². The first-order valence-electron chi connectivity index (χ1n) is 6.72. The number of rotatable bonds is 8. The second kappa shape index (κ2) is 8.54. The smallest absolute Gasteiger partial charge is 0.325 e. The quantitative estimate of drug-likeness (QED) is 0.746. The van der Waals surface area contributed by atoms with E-state index >= 15 is 0 Å². The van der Waals surface area contributed by atoms with Crippen molar-refractivity contribution in [2.75, 3.05) is 5.75 Å². The lowest BCUT2D eigenvalue weighted by molar-refractivity contribution is -0.137. The van der Waals surface area contributed by atoms with E-state index in [0.29, 0.717) is 16.5 Å². The number of amides is 1. The largest absolute Gasteiger partial charge is 0.480 e.